The minimum atomic E-state index is -5.08. The summed E-state index contributed by atoms with van der Waals surface area (Å²) in [5.74, 6) is -1.08. The molecule has 1 aliphatic carbocycles. The number of hydrogen-bond donors (Lipinski definition) is 2. The number of amides is 1. The van der Waals surface area contributed by atoms with E-state index in [0.717, 1.165) is 94.3 Å². The van der Waals surface area contributed by atoms with Gasteiger partial charge in [-0.3, -0.25) is 14.6 Å². The number of piperazine rings is 2. The zero-order chi connectivity index (χ0) is 34.2. The first kappa shape index (κ1) is 38.5. The fourth-order valence-corrected chi connectivity index (χ4v) is 6.17. The number of nitrogens with zero attached hydrogens (tertiary/aromatic N) is 4. The van der Waals surface area contributed by atoms with Crippen molar-refractivity contribution >= 4 is 22.8 Å². The number of carbonyl (C=O) groups excluding carboxylic acids is 1. The predicted molar refractivity (Wildman–Crippen MR) is 174 cm³/mol. The maximum Gasteiger partial charge on any atom is 0.490 e. The first-order chi connectivity index (χ1) is 22.6. The molecule has 2 aromatic rings. The van der Waals surface area contributed by atoms with Gasteiger partial charge in [0, 0.05) is 97.8 Å². The smallest absolute Gasteiger partial charge is 0.490 e. The molecule has 3 heterocycles. The normalized spacial score (nSPS) is 18.2. The zero-order valence-corrected chi connectivity index (χ0v) is 28.0. The van der Waals surface area contributed by atoms with Gasteiger partial charge in [0.15, 0.2) is 0 Å². The van der Waals surface area contributed by atoms with Crippen molar-refractivity contribution < 1.29 is 42.1 Å². The molecule has 1 saturated carbocycles. The van der Waals surface area contributed by atoms with Crippen LogP contribution in [0.3, 0.4) is 0 Å². The van der Waals surface area contributed by atoms with E-state index in [1.807, 2.05) is 17.0 Å². The van der Waals surface area contributed by atoms with E-state index < -0.39 is 12.1 Å². The minimum absolute atomic E-state index is 0.141. The Morgan fingerprint density at radius 3 is 2.00 bits per heavy atom. The molecule has 0 atom stereocenters. The summed E-state index contributed by atoms with van der Waals surface area (Å²) in [5, 5.41) is 11.4. The summed E-state index contributed by atoms with van der Waals surface area (Å²) < 4.78 is 49.9. The van der Waals surface area contributed by atoms with Gasteiger partial charge in [0.2, 0.25) is 0 Å². The lowest BCUT2D eigenvalue weighted by molar-refractivity contribution is -0.192. The van der Waals surface area contributed by atoms with Crippen LogP contribution in [0.4, 0.5) is 13.2 Å². The van der Waals surface area contributed by atoms with Crippen LogP contribution in [0, 0.1) is 5.92 Å². The molecule has 0 spiro atoms. The molecular weight excluding hydrogens is 619 g/mol. The molecule has 1 aromatic carbocycles. The molecule has 2 aliphatic heterocycles. The summed E-state index contributed by atoms with van der Waals surface area (Å²) in [4.78, 5) is 29.1. The number of halogens is 3. The van der Waals surface area contributed by atoms with Crippen molar-refractivity contribution in [3.8, 4) is 5.75 Å². The average molecular weight is 672 g/mol. The van der Waals surface area contributed by atoms with Crippen LogP contribution in [0.1, 0.15) is 42.5 Å². The lowest BCUT2D eigenvalue weighted by Crippen LogP contribution is -2.49. The standard InChI is InChI=1S/C24H35N3O3.C7H16N2O.C2HF3O2/c1-29-16-15-25-11-13-26(14-12-25)24(28)21-18-27(17-19-7-4-3-5-8-19)23-20(21)9-6-10-22(23)30-2;1-10-7-6-9-4-2-8-3-5-9;3-2(4,5)1(6)7/h6,9-10,18-19H,3-5,7-8,11-17H2,1-2H3;8H,2-7H2,1H3;(H,6,7). The van der Waals surface area contributed by atoms with Crippen LogP contribution >= 0.6 is 0 Å². The summed E-state index contributed by atoms with van der Waals surface area (Å²) in [6, 6.07) is 6.06. The predicted octanol–water partition coefficient (Wildman–Crippen LogP) is 3.81. The van der Waals surface area contributed by atoms with Gasteiger partial charge >= 0.3 is 12.1 Å². The van der Waals surface area contributed by atoms with E-state index in [0.29, 0.717) is 5.92 Å². The summed E-state index contributed by atoms with van der Waals surface area (Å²) in [6.07, 6.45) is 3.55. The largest absolute Gasteiger partial charge is 0.495 e. The monoisotopic (exact) mass is 671 g/mol. The zero-order valence-electron chi connectivity index (χ0n) is 28.0. The summed E-state index contributed by atoms with van der Waals surface area (Å²) in [6.45, 7) is 12.5. The Morgan fingerprint density at radius 1 is 0.894 bits per heavy atom. The molecule has 0 radical (unpaired) electrons. The molecule has 1 amide bonds. The topological polar surface area (TPSA) is 109 Å². The number of aliphatic carboxylic acids is 1. The highest BCUT2D eigenvalue weighted by Crippen LogP contribution is 2.33. The Balaban J connectivity index is 0.000000289. The third kappa shape index (κ3) is 12.2. The number of carboxylic acid groups (broad SMARTS) is 1. The molecule has 47 heavy (non-hydrogen) atoms. The van der Waals surface area contributed by atoms with E-state index >= 15 is 0 Å². The molecule has 5 rings (SSSR count). The highest BCUT2D eigenvalue weighted by atomic mass is 19.4. The number of rotatable bonds is 10. The van der Waals surface area contributed by atoms with Crippen molar-refractivity contribution in [2.24, 2.45) is 5.92 Å². The molecule has 2 saturated heterocycles. The Hall–Kier alpha value is -2.91. The molecule has 1 aromatic heterocycles. The number of benzene rings is 1. The second-order valence-electron chi connectivity index (χ2n) is 12.1. The van der Waals surface area contributed by atoms with Crippen molar-refractivity contribution in [1.29, 1.82) is 0 Å². The minimum Gasteiger partial charge on any atom is -0.495 e. The quantitative estimate of drug-likeness (QED) is 0.390. The van der Waals surface area contributed by atoms with Crippen LogP contribution < -0.4 is 10.1 Å². The molecule has 0 bridgehead atoms. The fraction of sp³-hybridized carbons (Fsp3) is 0.697. The van der Waals surface area contributed by atoms with Crippen molar-refractivity contribution in [3.05, 3.63) is 30.0 Å². The van der Waals surface area contributed by atoms with Crippen molar-refractivity contribution in [2.75, 3.05) is 100.0 Å². The number of alkyl halides is 3. The van der Waals surface area contributed by atoms with Crippen LogP contribution in [0.2, 0.25) is 0 Å². The molecule has 2 N–H and O–H groups in total. The number of aromatic nitrogens is 1. The number of ether oxygens (including phenoxy) is 3. The summed E-state index contributed by atoms with van der Waals surface area (Å²) in [7, 11) is 5.20. The van der Waals surface area contributed by atoms with Gasteiger partial charge in [0.1, 0.15) is 5.75 Å². The van der Waals surface area contributed by atoms with Gasteiger partial charge in [0.25, 0.3) is 5.91 Å². The van der Waals surface area contributed by atoms with E-state index in [2.05, 4.69) is 31.9 Å². The lowest BCUT2D eigenvalue weighted by atomic mass is 9.89. The Kier molecular flexibility index (Phi) is 16.2. The summed E-state index contributed by atoms with van der Waals surface area (Å²) in [5.41, 5.74) is 1.87. The third-order valence-electron chi connectivity index (χ3n) is 8.83. The van der Waals surface area contributed by atoms with Crippen molar-refractivity contribution in [2.45, 2.75) is 44.8 Å². The van der Waals surface area contributed by atoms with E-state index in [9.17, 15) is 18.0 Å². The molecule has 14 heteroatoms. The van der Waals surface area contributed by atoms with Crippen LogP contribution in [-0.4, -0.2) is 142 Å². The molecule has 3 aliphatic rings. The van der Waals surface area contributed by atoms with Gasteiger partial charge in [-0.05, 0) is 24.8 Å². The fourth-order valence-electron chi connectivity index (χ4n) is 6.17. The van der Waals surface area contributed by atoms with Gasteiger partial charge in [-0.25, -0.2) is 4.79 Å². The highest BCUT2D eigenvalue weighted by Gasteiger charge is 2.38. The second kappa shape index (κ2) is 19.8. The SMILES string of the molecule is COCCN1CCN(C(=O)c2cn(CC3CCCCC3)c3c(OC)cccc23)CC1.COCCN1CCNCC1.O=C(O)C(F)(F)F. The third-order valence-corrected chi connectivity index (χ3v) is 8.83. The van der Waals surface area contributed by atoms with E-state index in [4.69, 9.17) is 24.1 Å². The van der Waals surface area contributed by atoms with E-state index in [-0.39, 0.29) is 5.91 Å². The number of nitrogens with one attached hydrogen (secondary N) is 1. The lowest BCUT2D eigenvalue weighted by Gasteiger charge is -2.34. The van der Waals surface area contributed by atoms with Gasteiger partial charge in [0.05, 0.1) is 31.4 Å². The Labute approximate surface area is 275 Å². The number of carboxylic acids is 1. The van der Waals surface area contributed by atoms with Gasteiger partial charge < -0.3 is 34.1 Å². The maximum absolute atomic E-state index is 13.5. The molecule has 266 valence electrons. The van der Waals surface area contributed by atoms with Crippen LogP contribution in [0.25, 0.3) is 10.9 Å². The second-order valence-corrected chi connectivity index (χ2v) is 12.1. The molecule has 11 nitrogen and oxygen atoms in total. The van der Waals surface area contributed by atoms with Gasteiger partial charge in [-0.1, -0.05) is 31.4 Å². The van der Waals surface area contributed by atoms with Crippen LogP contribution in [-0.2, 0) is 20.8 Å². The molecular formula is C33H52F3N5O6. The number of hydrogen-bond acceptors (Lipinski definition) is 8. The number of fused-ring (bicyclic) bond motifs is 1. The van der Waals surface area contributed by atoms with E-state index in [1.54, 1.807) is 21.3 Å². The van der Waals surface area contributed by atoms with Gasteiger partial charge in [-0.15, -0.1) is 0 Å². The first-order valence-electron chi connectivity index (χ1n) is 16.5. The first-order valence-corrected chi connectivity index (χ1v) is 16.5. The average Bonchev–Trinajstić information content (AvgIpc) is 3.45. The number of carbonyl (C=O) groups is 2. The highest BCUT2D eigenvalue weighted by molar-refractivity contribution is 6.08. The van der Waals surface area contributed by atoms with E-state index in [1.165, 1.54) is 45.2 Å². The van der Waals surface area contributed by atoms with Crippen molar-refractivity contribution in [3.63, 3.8) is 0 Å². The van der Waals surface area contributed by atoms with Crippen molar-refractivity contribution in [1.82, 2.24) is 24.6 Å². The van der Waals surface area contributed by atoms with Gasteiger partial charge in [-0.2, -0.15) is 13.2 Å². The molecule has 0 unspecified atom stereocenters. The maximum atomic E-state index is 13.5. The number of para-hydroxylation sites is 1. The summed E-state index contributed by atoms with van der Waals surface area (Å²) >= 11 is 0. The number of methoxy groups -OCH3 is 3. The Bertz CT molecular complexity index is 1220. The molecule has 3 fully saturated rings. The van der Waals surface area contributed by atoms with Crippen LogP contribution in [0.5, 0.6) is 5.75 Å². The van der Waals surface area contributed by atoms with Crippen LogP contribution in [0.15, 0.2) is 24.4 Å². The Morgan fingerprint density at radius 2 is 1.47 bits per heavy atom.